The van der Waals surface area contributed by atoms with Crippen LogP contribution in [0.3, 0.4) is 0 Å². The predicted octanol–water partition coefficient (Wildman–Crippen LogP) is 2.57. The van der Waals surface area contributed by atoms with Gasteiger partial charge in [0.2, 0.25) is 0 Å². The zero-order chi connectivity index (χ0) is 12.4. The monoisotopic (exact) mass is 241 g/mol. The van der Waals surface area contributed by atoms with Crippen molar-refractivity contribution in [1.29, 1.82) is 0 Å². The highest BCUT2D eigenvalue weighted by molar-refractivity contribution is 5.47. The summed E-state index contributed by atoms with van der Waals surface area (Å²) in [6.45, 7) is 3.34. The number of nitrogens with zero attached hydrogens (tertiary/aromatic N) is 2. The van der Waals surface area contributed by atoms with Crippen LogP contribution in [-0.2, 0) is 0 Å². The lowest BCUT2D eigenvalue weighted by atomic mass is 9.85. The van der Waals surface area contributed by atoms with Gasteiger partial charge in [0.1, 0.15) is 0 Å². The van der Waals surface area contributed by atoms with Crippen molar-refractivity contribution < 1.29 is 8.78 Å². The van der Waals surface area contributed by atoms with Crippen molar-refractivity contribution in [2.75, 3.05) is 23.7 Å². The summed E-state index contributed by atoms with van der Waals surface area (Å²) in [5.41, 5.74) is 5.38. The van der Waals surface area contributed by atoms with Gasteiger partial charge in [-0.05, 0) is 25.7 Å². The van der Waals surface area contributed by atoms with E-state index in [0.717, 1.165) is 12.6 Å². The third-order valence-electron chi connectivity index (χ3n) is 3.32. The molecule has 1 aliphatic rings. The number of halogens is 2. The Hall–Kier alpha value is -1.39. The molecule has 0 atom stereocenters. The second-order valence-electron chi connectivity index (χ2n) is 4.50. The van der Waals surface area contributed by atoms with Crippen molar-refractivity contribution in [2.45, 2.75) is 26.2 Å². The lowest BCUT2D eigenvalue weighted by Crippen LogP contribution is -2.33. The number of rotatable bonds is 4. The minimum atomic E-state index is -0.800. The van der Waals surface area contributed by atoms with E-state index in [1.807, 2.05) is 11.8 Å². The van der Waals surface area contributed by atoms with E-state index in [4.69, 9.17) is 5.73 Å². The quantitative estimate of drug-likeness (QED) is 0.881. The van der Waals surface area contributed by atoms with E-state index in [-0.39, 0.29) is 11.6 Å². The van der Waals surface area contributed by atoms with Gasteiger partial charge in [0.15, 0.2) is 23.3 Å². The second-order valence-corrected chi connectivity index (χ2v) is 4.50. The Morgan fingerprint density at radius 2 is 2.12 bits per heavy atom. The number of hydrogen-bond acceptors (Lipinski definition) is 3. The van der Waals surface area contributed by atoms with Gasteiger partial charge in [-0.1, -0.05) is 6.42 Å². The minimum Gasteiger partial charge on any atom is -0.381 e. The molecule has 94 valence electrons. The predicted molar refractivity (Wildman–Crippen MR) is 63.8 cm³/mol. The smallest absolute Gasteiger partial charge is 0.168 e. The Bertz CT molecular complexity index is 405. The molecule has 3 nitrogen and oxygen atoms in total. The van der Waals surface area contributed by atoms with Crippen LogP contribution < -0.4 is 10.6 Å². The normalized spacial score (nSPS) is 15.7. The Kier molecular flexibility index (Phi) is 3.45. The maximum absolute atomic E-state index is 13.6. The summed E-state index contributed by atoms with van der Waals surface area (Å²) >= 11 is 0. The van der Waals surface area contributed by atoms with Gasteiger partial charge >= 0.3 is 0 Å². The maximum atomic E-state index is 13.6. The summed E-state index contributed by atoms with van der Waals surface area (Å²) in [5.74, 6) is -0.919. The molecule has 1 heterocycles. The highest BCUT2D eigenvalue weighted by Crippen LogP contribution is 2.29. The van der Waals surface area contributed by atoms with Crippen molar-refractivity contribution in [1.82, 2.24) is 4.98 Å². The highest BCUT2D eigenvalue weighted by atomic mass is 19.1. The van der Waals surface area contributed by atoms with Gasteiger partial charge < -0.3 is 10.6 Å². The first kappa shape index (κ1) is 12.1. The summed E-state index contributed by atoms with van der Waals surface area (Å²) in [5, 5.41) is 0. The first-order chi connectivity index (χ1) is 8.11. The number of anilines is 2. The maximum Gasteiger partial charge on any atom is 0.168 e. The van der Waals surface area contributed by atoms with E-state index in [9.17, 15) is 8.78 Å². The SMILES string of the molecule is CCN(CC1CCC1)c1nc(N)c(F)cc1F. The Morgan fingerprint density at radius 3 is 2.65 bits per heavy atom. The van der Waals surface area contributed by atoms with Crippen LogP contribution >= 0.6 is 0 Å². The number of pyridine rings is 1. The topological polar surface area (TPSA) is 42.2 Å². The van der Waals surface area contributed by atoms with Crippen LogP contribution in [-0.4, -0.2) is 18.1 Å². The third-order valence-corrected chi connectivity index (χ3v) is 3.32. The van der Waals surface area contributed by atoms with Crippen LogP contribution in [0.4, 0.5) is 20.4 Å². The molecule has 0 spiro atoms. The van der Waals surface area contributed by atoms with E-state index in [2.05, 4.69) is 4.98 Å². The van der Waals surface area contributed by atoms with E-state index >= 15 is 0 Å². The fourth-order valence-corrected chi connectivity index (χ4v) is 2.04. The van der Waals surface area contributed by atoms with Gasteiger partial charge in [-0.15, -0.1) is 0 Å². The van der Waals surface area contributed by atoms with E-state index < -0.39 is 11.6 Å². The molecule has 0 amide bonds. The fraction of sp³-hybridized carbons (Fsp3) is 0.583. The zero-order valence-corrected chi connectivity index (χ0v) is 9.92. The molecule has 1 saturated carbocycles. The van der Waals surface area contributed by atoms with Crippen LogP contribution in [0, 0.1) is 17.6 Å². The van der Waals surface area contributed by atoms with E-state index in [0.29, 0.717) is 12.5 Å². The van der Waals surface area contributed by atoms with Crippen LogP contribution in [0.15, 0.2) is 6.07 Å². The van der Waals surface area contributed by atoms with Crippen molar-refractivity contribution in [3.05, 3.63) is 17.7 Å². The summed E-state index contributed by atoms with van der Waals surface area (Å²) in [7, 11) is 0. The van der Waals surface area contributed by atoms with Crippen LogP contribution in [0.25, 0.3) is 0 Å². The van der Waals surface area contributed by atoms with Gasteiger partial charge in [0.05, 0.1) is 0 Å². The zero-order valence-electron chi connectivity index (χ0n) is 9.92. The summed E-state index contributed by atoms with van der Waals surface area (Å²) < 4.78 is 26.7. The van der Waals surface area contributed by atoms with Gasteiger partial charge in [0, 0.05) is 19.2 Å². The molecule has 0 bridgehead atoms. The largest absolute Gasteiger partial charge is 0.381 e. The lowest BCUT2D eigenvalue weighted by molar-refractivity contribution is 0.317. The van der Waals surface area contributed by atoms with Gasteiger partial charge in [-0.25, -0.2) is 13.8 Å². The van der Waals surface area contributed by atoms with E-state index in [1.165, 1.54) is 19.3 Å². The first-order valence-corrected chi connectivity index (χ1v) is 5.98. The molecular weight excluding hydrogens is 224 g/mol. The van der Waals surface area contributed by atoms with Crippen LogP contribution in [0.2, 0.25) is 0 Å². The molecule has 5 heteroatoms. The standard InChI is InChI=1S/C12H17F2N3/c1-2-17(7-8-4-3-5-8)12-10(14)6-9(13)11(15)16-12/h6,8H,2-5,7H2,1H3,(H2,15,16). The van der Waals surface area contributed by atoms with E-state index in [1.54, 1.807) is 0 Å². The molecule has 1 fully saturated rings. The molecule has 0 unspecified atom stereocenters. The first-order valence-electron chi connectivity index (χ1n) is 5.98. The third kappa shape index (κ3) is 2.48. The molecule has 0 aromatic carbocycles. The summed E-state index contributed by atoms with van der Waals surface area (Å²) in [6, 6.07) is 0.807. The van der Waals surface area contributed by atoms with Crippen LogP contribution in [0.1, 0.15) is 26.2 Å². The van der Waals surface area contributed by atoms with Gasteiger partial charge in [0.25, 0.3) is 0 Å². The number of nitrogens with two attached hydrogens (primary N) is 1. The average molecular weight is 241 g/mol. The number of aromatic nitrogens is 1. The fourth-order valence-electron chi connectivity index (χ4n) is 2.04. The minimum absolute atomic E-state index is 0.165. The summed E-state index contributed by atoms with van der Waals surface area (Å²) in [6.07, 6.45) is 3.59. The van der Waals surface area contributed by atoms with Crippen molar-refractivity contribution >= 4 is 11.6 Å². The molecule has 0 aliphatic heterocycles. The molecule has 2 N–H and O–H groups in total. The molecule has 0 radical (unpaired) electrons. The second kappa shape index (κ2) is 4.85. The molecule has 0 saturated heterocycles. The molecule has 1 aromatic heterocycles. The molecule has 1 aromatic rings. The van der Waals surface area contributed by atoms with Crippen molar-refractivity contribution in [3.63, 3.8) is 0 Å². The molecule has 17 heavy (non-hydrogen) atoms. The molecular formula is C12H17F2N3. The Balaban J connectivity index is 2.19. The number of nitrogen functional groups attached to an aromatic ring is 1. The average Bonchev–Trinajstić information content (AvgIpc) is 2.23. The lowest BCUT2D eigenvalue weighted by Gasteiger charge is -2.32. The van der Waals surface area contributed by atoms with Crippen LogP contribution in [0.5, 0.6) is 0 Å². The molecule has 2 rings (SSSR count). The Labute approximate surface area is 99.6 Å². The number of hydrogen-bond donors (Lipinski definition) is 1. The molecule has 1 aliphatic carbocycles. The Morgan fingerprint density at radius 1 is 1.41 bits per heavy atom. The van der Waals surface area contributed by atoms with Gasteiger partial charge in [-0.2, -0.15) is 0 Å². The highest BCUT2D eigenvalue weighted by Gasteiger charge is 2.23. The van der Waals surface area contributed by atoms with Gasteiger partial charge in [-0.3, -0.25) is 0 Å². The van der Waals surface area contributed by atoms with Crippen molar-refractivity contribution in [2.24, 2.45) is 5.92 Å². The summed E-state index contributed by atoms with van der Waals surface area (Å²) in [4.78, 5) is 5.64. The van der Waals surface area contributed by atoms with Crippen molar-refractivity contribution in [3.8, 4) is 0 Å².